The fourth-order valence-electron chi connectivity index (χ4n) is 1.76. The summed E-state index contributed by atoms with van der Waals surface area (Å²) in [6, 6.07) is 6.17. The van der Waals surface area contributed by atoms with Crippen molar-refractivity contribution in [3.63, 3.8) is 0 Å². The minimum atomic E-state index is 0.384. The molecule has 0 unspecified atom stereocenters. The Hall–Kier alpha value is -1.14. The number of aromatic amines is 1. The number of aromatic nitrogens is 3. The number of aryl methyl sites for hydroxylation is 1. The molecule has 1 N–H and O–H groups in total. The van der Waals surface area contributed by atoms with Crippen molar-refractivity contribution in [2.75, 3.05) is 0 Å². The summed E-state index contributed by atoms with van der Waals surface area (Å²) < 4.78 is 9.12. The molecule has 4 nitrogen and oxygen atoms in total. The molecule has 0 spiro atoms. The predicted octanol–water partition coefficient (Wildman–Crippen LogP) is 3.77. The van der Waals surface area contributed by atoms with Gasteiger partial charge in [-0.25, -0.2) is 0 Å². The fourth-order valence-corrected chi connectivity index (χ4v) is 2.45. The molecule has 0 aliphatic heterocycles. The van der Waals surface area contributed by atoms with E-state index in [0.29, 0.717) is 11.4 Å². The number of hydrogen-bond acceptors (Lipinski definition) is 3. The summed E-state index contributed by atoms with van der Waals surface area (Å²) in [4.78, 5) is 0. The second-order valence-electron chi connectivity index (χ2n) is 4.31. The van der Waals surface area contributed by atoms with Crippen molar-refractivity contribution in [3.05, 3.63) is 38.8 Å². The van der Waals surface area contributed by atoms with Gasteiger partial charge in [-0.3, -0.25) is 5.10 Å². The third-order valence-corrected chi connectivity index (χ3v) is 3.85. The summed E-state index contributed by atoms with van der Waals surface area (Å²) in [6.07, 6.45) is 2.21. The molecule has 6 heteroatoms. The molecule has 0 atom stereocenters. The van der Waals surface area contributed by atoms with E-state index >= 15 is 0 Å². The summed E-state index contributed by atoms with van der Waals surface area (Å²) in [7, 11) is 1.86. The van der Waals surface area contributed by atoms with Gasteiger partial charge in [0.2, 0.25) is 0 Å². The van der Waals surface area contributed by atoms with Crippen LogP contribution in [-0.2, 0) is 20.1 Å². The van der Waals surface area contributed by atoms with E-state index in [0.717, 1.165) is 28.9 Å². The van der Waals surface area contributed by atoms with E-state index in [1.165, 1.54) is 5.56 Å². The SMILES string of the molecule is CCCc1ccc(OCc2n[nH]c(=S)n2C)c(Br)c1. The zero-order chi connectivity index (χ0) is 13.8. The van der Waals surface area contributed by atoms with Gasteiger partial charge in [0.05, 0.1) is 4.47 Å². The van der Waals surface area contributed by atoms with Crippen LogP contribution in [0.4, 0.5) is 0 Å². The number of hydrogen-bond donors (Lipinski definition) is 1. The minimum absolute atomic E-state index is 0.384. The minimum Gasteiger partial charge on any atom is -0.484 e. The molecule has 0 amide bonds. The molecule has 1 aromatic carbocycles. The van der Waals surface area contributed by atoms with Crippen LogP contribution in [0.3, 0.4) is 0 Å². The number of rotatable bonds is 5. The first-order valence-electron chi connectivity index (χ1n) is 6.13. The highest BCUT2D eigenvalue weighted by Crippen LogP contribution is 2.27. The van der Waals surface area contributed by atoms with Crippen molar-refractivity contribution >= 4 is 28.1 Å². The number of ether oxygens (including phenoxy) is 1. The van der Waals surface area contributed by atoms with E-state index in [-0.39, 0.29) is 0 Å². The first-order valence-corrected chi connectivity index (χ1v) is 7.33. The third-order valence-electron chi connectivity index (χ3n) is 2.86. The van der Waals surface area contributed by atoms with Crippen LogP contribution in [0.1, 0.15) is 24.7 Å². The van der Waals surface area contributed by atoms with Gasteiger partial charge in [-0.1, -0.05) is 19.4 Å². The van der Waals surface area contributed by atoms with Crippen molar-refractivity contribution in [1.82, 2.24) is 14.8 Å². The predicted molar refractivity (Wildman–Crippen MR) is 80.9 cm³/mol. The molecule has 0 saturated heterocycles. The number of nitrogens with one attached hydrogen (secondary N) is 1. The van der Waals surface area contributed by atoms with E-state index in [2.05, 4.69) is 45.2 Å². The van der Waals surface area contributed by atoms with Gasteiger partial charge in [0.25, 0.3) is 0 Å². The molecular formula is C13H16BrN3OS. The van der Waals surface area contributed by atoms with E-state index in [1.807, 2.05) is 13.1 Å². The maximum absolute atomic E-state index is 5.75. The normalized spacial score (nSPS) is 10.7. The first-order chi connectivity index (χ1) is 9.11. The molecular weight excluding hydrogens is 326 g/mol. The van der Waals surface area contributed by atoms with E-state index in [4.69, 9.17) is 17.0 Å². The maximum atomic E-state index is 5.75. The average molecular weight is 342 g/mol. The molecule has 1 heterocycles. The summed E-state index contributed by atoms with van der Waals surface area (Å²) in [5.41, 5.74) is 1.31. The Labute approximate surface area is 125 Å². The van der Waals surface area contributed by atoms with Gasteiger partial charge in [0.1, 0.15) is 12.4 Å². The largest absolute Gasteiger partial charge is 0.484 e. The molecule has 2 rings (SSSR count). The zero-order valence-corrected chi connectivity index (χ0v) is 13.3. The van der Waals surface area contributed by atoms with Gasteiger partial charge in [-0.15, -0.1) is 0 Å². The Bertz CT molecular complexity index is 621. The van der Waals surface area contributed by atoms with Crippen molar-refractivity contribution in [3.8, 4) is 5.75 Å². The topological polar surface area (TPSA) is 42.8 Å². The van der Waals surface area contributed by atoms with Crippen LogP contribution in [0.25, 0.3) is 0 Å². The van der Waals surface area contributed by atoms with E-state index in [1.54, 1.807) is 4.57 Å². The second-order valence-corrected chi connectivity index (χ2v) is 5.55. The molecule has 0 aliphatic rings. The summed E-state index contributed by atoms with van der Waals surface area (Å²) in [5, 5.41) is 6.85. The van der Waals surface area contributed by atoms with Crippen LogP contribution in [0.5, 0.6) is 5.75 Å². The van der Waals surface area contributed by atoms with Gasteiger partial charge >= 0.3 is 0 Å². The van der Waals surface area contributed by atoms with Gasteiger partial charge in [0.15, 0.2) is 10.6 Å². The highest BCUT2D eigenvalue weighted by Gasteiger charge is 2.06. The summed E-state index contributed by atoms with van der Waals surface area (Å²) in [5.74, 6) is 1.59. The van der Waals surface area contributed by atoms with Crippen LogP contribution in [0.2, 0.25) is 0 Å². The molecule has 1 aromatic heterocycles. The Morgan fingerprint density at radius 1 is 1.47 bits per heavy atom. The lowest BCUT2D eigenvalue weighted by molar-refractivity contribution is 0.289. The van der Waals surface area contributed by atoms with Crippen LogP contribution in [-0.4, -0.2) is 14.8 Å². The molecule has 0 aliphatic carbocycles. The molecule has 0 radical (unpaired) electrons. The summed E-state index contributed by atoms with van der Waals surface area (Å²) in [6.45, 7) is 2.55. The summed E-state index contributed by atoms with van der Waals surface area (Å²) >= 11 is 8.59. The standard InChI is InChI=1S/C13H16BrN3OS/c1-3-4-9-5-6-11(10(14)7-9)18-8-12-15-16-13(19)17(12)2/h5-7H,3-4,8H2,1-2H3,(H,16,19). The van der Waals surface area contributed by atoms with Gasteiger partial charge < -0.3 is 9.30 Å². The number of H-pyrrole nitrogens is 1. The highest BCUT2D eigenvalue weighted by atomic mass is 79.9. The van der Waals surface area contributed by atoms with Gasteiger partial charge in [-0.05, 0) is 52.3 Å². The Kier molecular flexibility index (Phi) is 4.76. The Balaban J connectivity index is 2.07. The first kappa shape index (κ1) is 14.3. The molecule has 0 fully saturated rings. The molecule has 0 bridgehead atoms. The maximum Gasteiger partial charge on any atom is 0.194 e. The molecule has 2 aromatic rings. The molecule has 102 valence electrons. The zero-order valence-electron chi connectivity index (χ0n) is 10.9. The van der Waals surface area contributed by atoms with Crippen molar-refractivity contribution in [2.45, 2.75) is 26.4 Å². The van der Waals surface area contributed by atoms with Crippen LogP contribution in [0, 0.1) is 4.77 Å². The van der Waals surface area contributed by atoms with Crippen LogP contribution >= 0.6 is 28.1 Å². The average Bonchev–Trinajstić information content (AvgIpc) is 2.70. The quantitative estimate of drug-likeness (QED) is 0.841. The molecule has 19 heavy (non-hydrogen) atoms. The van der Waals surface area contributed by atoms with E-state index < -0.39 is 0 Å². The monoisotopic (exact) mass is 341 g/mol. The third kappa shape index (κ3) is 3.45. The van der Waals surface area contributed by atoms with E-state index in [9.17, 15) is 0 Å². The lowest BCUT2D eigenvalue weighted by Crippen LogP contribution is -2.04. The highest BCUT2D eigenvalue weighted by molar-refractivity contribution is 9.10. The number of nitrogens with zero attached hydrogens (tertiary/aromatic N) is 2. The Morgan fingerprint density at radius 3 is 2.84 bits per heavy atom. The van der Waals surface area contributed by atoms with Gasteiger partial charge in [0, 0.05) is 7.05 Å². The molecule has 0 saturated carbocycles. The smallest absolute Gasteiger partial charge is 0.194 e. The second kappa shape index (κ2) is 6.34. The van der Waals surface area contributed by atoms with Crippen LogP contribution in [0.15, 0.2) is 22.7 Å². The lowest BCUT2D eigenvalue weighted by Gasteiger charge is -2.09. The van der Waals surface area contributed by atoms with Gasteiger partial charge in [-0.2, -0.15) is 5.10 Å². The number of benzene rings is 1. The lowest BCUT2D eigenvalue weighted by atomic mass is 10.1. The fraction of sp³-hybridized carbons (Fsp3) is 0.385. The Morgan fingerprint density at radius 2 is 2.26 bits per heavy atom. The van der Waals surface area contributed by atoms with Crippen molar-refractivity contribution in [1.29, 1.82) is 0 Å². The number of halogens is 1. The van der Waals surface area contributed by atoms with Crippen LogP contribution < -0.4 is 4.74 Å². The van der Waals surface area contributed by atoms with Crippen molar-refractivity contribution < 1.29 is 4.74 Å². The van der Waals surface area contributed by atoms with Crippen molar-refractivity contribution in [2.24, 2.45) is 7.05 Å².